The van der Waals surface area contributed by atoms with Crippen LogP contribution >= 0.6 is 0 Å². The summed E-state index contributed by atoms with van der Waals surface area (Å²) in [5.41, 5.74) is 0.389. The van der Waals surface area contributed by atoms with E-state index < -0.39 is 5.91 Å². The summed E-state index contributed by atoms with van der Waals surface area (Å²) < 4.78 is 8.55. The molecule has 23 heavy (non-hydrogen) atoms. The minimum absolute atomic E-state index is 0.118. The number of hydrogen-bond acceptors (Lipinski definition) is 4. The molecule has 3 heterocycles. The maximum Gasteiger partial charge on any atom is 0.263 e. The second kappa shape index (κ2) is 6.78. The molecule has 7 nitrogen and oxygen atoms in total. The molecular weight excluding hydrogens is 296 g/mol. The van der Waals surface area contributed by atoms with E-state index in [0.717, 1.165) is 32.6 Å². The van der Waals surface area contributed by atoms with E-state index in [4.69, 9.17) is 4.74 Å². The lowest BCUT2D eigenvalue weighted by molar-refractivity contribution is 0.0601. The van der Waals surface area contributed by atoms with Crippen LogP contribution in [-0.4, -0.2) is 33.5 Å². The number of nitrogens with one attached hydrogen (secondary N) is 1. The summed E-state index contributed by atoms with van der Waals surface area (Å²) >= 11 is 0. The third-order valence-corrected chi connectivity index (χ3v) is 4.05. The van der Waals surface area contributed by atoms with Crippen molar-refractivity contribution in [2.24, 2.45) is 13.0 Å². The number of aromatic nitrogens is 3. The summed E-state index contributed by atoms with van der Waals surface area (Å²) in [4.78, 5) is 24.1. The van der Waals surface area contributed by atoms with Gasteiger partial charge in [0.1, 0.15) is 5.56 Å². The van der Waals surface area contributed by atoms with Gasteiger partial charge in [0.2, 0.25) is 0 Å². The lowest BCUT2D eigenvalue weighted by Crippen LogP contribution is -2.26. The van der Waals surface area contributed by atoms with Gasteiger partial charge in [0.05, 0.1) is 11.9 Å². The van der Waals surface area contributed by atoms with E-state index in [-0.39, 0.29) is 11.1 Å². The first-order valence-electron chi connectivity index (χ1n) is 7.70. The average molecular weight is 316 g/mol. The minimum atomic E-state index is -0.420. The van der Waals surface area contributed by atoms with E-state index in [1.54, 1.807) is 31.7 Å². The van der Waals surface area contributed by atoms with E-state index in [1.165, 1.54) is 10.6 Å². The Morgan fingerprint density at radius 1 is 1.43 bits per heavy atom. The molecule has 0 radical (unpaired) electrons. The Kier molecular flexibility index (Phi) is 4.57. The Morgan fingerprint density at radius 2 is 2.22 bits per heavy atom. The number of nitrogens with zero attached hydrogens (tertiary/aromatic N) is 3. The van der Waals surface area contributed by atoms with E-state index in [1.807, 2.05) is 4.68 Å². The fraction of sp³-hybridized carbons (Fsp3) is 0.438. The van der Waals surface area contributed by atoms with Crippen LogP contribution in [0.25, 0.3) is 0 Å². The first kappa shape index (κ1) is 15.5. The molecule has 0 aliphatic carbocycles. The van der Waals surface area contributed by atoms with Crippen LogP contribution in [0, 0.1) is 5.92 Å². The molecule has 122 valence electrons. The van der Waals surface area contributed by atoms with Crippen molar-refractivity contribution in [2.45, 2.75) is 19.4 Å². The standard InChI is InChI=1S/C16H20N4O3/c1-19-6-2-3-14(16(19)22)15(21)18-13-9-17-20(11-13)10-12-4-7-23-8-5-12/h2-3,6,9,11-12H,4-5,7-8,10H2,1H3,(H,18,21). The molecule has 1 saturated heterocycles. The molecule has 1 aliphatic heterocycles. The molecule has 7 heteroatoms. The van der Waals surface area contributed by atoms with Gasteiger partial charge >= 0.3 is 0 Å². The Labute approximate surface area is 133 Å². The van der Waals surface area contributed by atoms with Crippen molar-refractivity contribution >= 4 is 11.6 Å². The summed E-state index contributed by atoms with van der Waals surface area (Å²) in [7, 11) is 1.62. The number of carbonyl (C=O) groups excluding carboxylic acids is 1. The van der Waals surface area contributed by atoms with Gasteiger partial charge in [-0.05, 0) is 30.9 Å². The van der Waals surface area contributed by atoms with Crippen molar-refractivity contribution in [3.8, 4) is 0 Å². The van der Waals surface area contributed by atoms with Crippen LogP contribution in [0.15, 0.2) is 35.5 Å². The molecule has 1 aliphatic rings. The topological polar surface area (TPSA) is 78.2 Å². The van der Waals surface area contributed by atoms with Crippen LogP contribution < -0.4 is 10.9 Å². The Balaban J connectivity index is 1.65. The van der Waals surface area contributed by atoms with Crippen LogP contribution in [0.5, 0.6) is 0 Å². The zero-order chi connectivity index (χ0) is 16.2. The van der Waals surface area contributed by atoms with Crippen molar-refractivity contribution in [1.29, 1.82) is 0 Å². The number of amides is 1. The zero-order valence-corrected chi connectivity index (χ0v) is 13.1. The monoisotopic (exact) mass is 316 g/mol. The smallest absolute Gasteiger partial charge is 0.263 e. The zero-order valence-electron chi connectivity index (χ0n) is 13.1. The lowest BCUT2D eigenvalue weighted by atomic mass is 10.0. The van der Waals surface area contributed by atoms with Gasteiger partial charge in [0, 0.05) is 39.2 Å². The van der Waals surface area contributed by atoms with Crippen LogP contribution in [0.4, 0.5) is 5.69 Å². The van der Waals surface area contributed by atoms with Gasteiger partial charge in [-0.15, -0.1) is 0 Å². The Morgan fingerprint density at radius 3 is 3.00 bits per heavy atom. The molecular formula is C16H20N4O3. The lowest BCUT2D eigenvalue weighted by Gasteiger charge is -2.21. The maximum absolute atomic E-state index is 12.2. The number of pyridine rings is 1. The molecule has 0 saturated carbocycles. The van der Waals surface area contributed by atoms with Gasteiger partial charge in [0.25, 0.3) is 11.5 Å². The third-order valence-electron chi connectivity index (χ3n) is 4.05. The number of aryl methyl sites for hydroxylation is 1. The van der Waals surface area contributed by atoms with E-state index in [0.29, 0.717) is 11.6 Å². The molecule has 0 aromatic carbocycles. The van der Waals surface area contributed by atoms with Gasteiger partial charge < -0.3 is 14.6 Å². The summed E-state index contributed by atoms with van der Waals surface area (Å²) in [5, 5.41) is 7.00. The molecule has 0 bridgehead atoms. The number of rotatable bonds is 4. The first-order chi connectivity index (χ1) is 11.1. The highest BCUT2D eigenvalue weighted by molar-refractivity contribution is 6.03. The first-order valence-corrected chi connectivity index (χ1v) is 7.70. The van der Waals surface area contributed by atoms with Crippen molar-refractivity contribution in [2.75, 3.05) is 18.5 Å². The molecule has 0 spiro atoms. The van der Waals surface area contributed by atoms with Crippen LogP contribution in [0.2, 0.25) is 0 Å². The molecule has 0 unspecified atom stereocenters. The average Bonchev–Trinajstić information content (AvgIpc) is 2.98. The summed E-state index contributed by atoms with van der Waals surface area (Å²) in [6, 6.07) is 3.19. The molecule has 3 rings (SSSR count). The van der Waals surface area contributed by atoms with Crippen molar-refractivity contribution in [3.63, 3.8) is 0 Å². The van der Waals surface area contributed by atoms with Crippen LogP contribution in [-0.2, 0) is 18.3 Å². The fourth-order valence-corrected chi connectivity index (χ4v) is 2.69. The maximum atomic E-state index is 12.2. The number of carbonyl (C=O) groups is 1. The molecule has 2 aromatic rings. The highest BCUT2D eigenvalue weighted by Crippen LogP contribution is 2.17. The van der Waals surface area contributed by atoms with E-state index in [2.05, 4.69) is 10.4 Å². The highest BCUT2D eigenvalue weighted by atomic mass is 16.5. The van der Waals surface area contributed by atoms with Crippen molar-refractivity contribution in [3.05, 3.63) is 46.6 Å². The fourth-order valence-electron chi connectivity index (χ4n) is 2.69. The summed E-state index contributed by atoms with van der Waals surface area (Å²) in [6.45, 7) is 2.41. The Bertz CT molecular complexity index is 744. The van der Waals surface area contributed by atoms with Crippen LogP contribution in [0.1, 0.15) is 23.2 Å². The Hall–Kier alpha value is -2.41. The van der Waals surface area contributed by atoms with Crippen molar-refractivity contribution < 1.29 is 9.53 Å². The predicted molar refractivity (Wildman–Crippen MR) is 85.4 cm³/mol. The molecule has 0 atom stereocenters. The van der Waals surface area contributed by atoms with Crippen molar-refractivity contribution in [1.82, 2.24) is 14.3 Å². The normalized spacial score (nSPS) is 15.5. The minimum Gasteiger partial charge on any atom is -0.381 e. The molecule has 1 fully saturated rings. The molecule has 1 N–H and O–H groups in total. The largest absolute Gasteiger partial charge is 0.381 e. The number of anilines is 1. The number of hydrogen-bond donors (Lipinski definition) is 1. The van der Waals surface area contributed by atoms with Crippen LogP contribution in [0.3, 0.4) is 0 Å². The SMILES string of the molecule is Cn1cccc(C(=O)Nc2cnn(CC3CCOCC3)c2)c1=O. The quantitative estimate of drug-likeness (QED) is 0.921. The second-order valence-electron chi connectivity index (χ2n) is 5.80. The van der Waals surface area contributed by atoms with Gasteiger partial charge in [-0.2, -0.15) is 5.10 Å². The third kappa shape index (κ3) is 3.68. The highest BCUT2D eigenvalue weighted by Gasteiger charge is 2.16. The molecule has 2 aromatic heterocycles. The summed E-state index contributed by atoms with van der Waals surface area (Å²) in [6.07, 6.45) is 7.07. The number of ether oxygens (including phenoxy) is 1. The van der Waals surface area contributed by atoms with E-state index >= 15 is 0 Å². The predicted octanol–water partition coefficient (Wildman–Crippen LogP) is 1.26. The van der Waals surface area contributed by atoms with Gasteiger partial charge in [0.15, 0.2) is 0 Å². The van der Waals surface area contributed by atoms with Gasteiger partial charge in [-0.25, -0.2) is 0 Å². The second-order valence-corrected chi connectivity index (χ2v) is 5.80. The van der Waals surface area contributed by atoms with E-state index in [9.17, 15) is 9.59 Å². The van der Waals surface area contributed by atoms with Gasteiger partial charge in [-0.3, -0.25) is 14.3 Å². The van der Waals surface area contributed by atoms with Gasteiger partial charge in [-0.1, -0.05) is 0 Å². The molecule has 1 amide bonds. The summed E-state index contributed by atoms with van der Waals surface area (Å²) in [5.74, 6) is 0.130.